The van der Waals surface area contributed by atoms with Gasteiger partial charge in [-0.05, 0) is 77.0 Å². The predicted octanol–water partition coefficient (Wildman–Crippen LogP) is 12.4. The number of carbonyl (C=O) groups excluding carboxylic acids is 2. The minimum absolute atomic E-state index is 0.111. The highest BCUT2D eigenvalue weighted by Gasteiger charge is 2.27. The molecular formula is C48H83O10P. The lowest BCUT2D eigenvalue weighted by molar-refractivity contribution is -0.153. The smallest absolute Gasteiger partial charge is 0.457 e. The van der Waals surface area contributed by atoms with E-state index in [1.807, 2.05) is 12.2 Å². The number of rotatable bonds is 42. The van der Waals surface area contributed by atoms with Gasteiger partial charge in [0.15, 0.2) is 0 Å². The highest BCUT2D eigenvalue weighted by molar-refractivity contribution is 7.47. The summed E-state index contributed by atoms with van der Waals surface area (Å²) in [6.07, 6.45) is 50.2. The summed E-state index contributed by atoms with van der Waals surface area (Å²) < 4.78 is 32.6. The van der Waals surface area contributed by atoms with Gasteiger partial charge in [0.05, 0.1) is 26.4 Å². The zero-order valence-corrected chi connectivity index (χ0v) is 37.8. The number of phosphoric acid groups is 1. The van der Waals surface area contributed by atoms with Gasteiger partial charge in [0, 0.05) is 12.8 Å². The van der Waals surface area contributed by atoms with E-state index in [9.17, 15) is 29.3 Å². The molecule has 11 heteroatoms. The third-order valence-corrected chi connectivity index (χ3v) is 10.4. The average Bonchev–Trinajstić information content (AvgIpc) is 3.22. The molecule has 0 saturated carbocycles. The van der Waals surface area contributed by atoms with E-state index in [2.05, 4.69) is 74.6 Å². The summed E-state index contributed by atoms with van der Waals surface area (Å²) in [4.78, 5) is 34.5. The molecule has 0 amide bonds. The fraction of sp³-hybridized carbons (Fsp3) is 0.708. The summed E-state index contributed by atoms with van der Waals surface area (Å²) in [5.74, 6) is -1.08. The SMILES string of the molecule is CC/C=C\C/C=C\C/C=C\C/C=C\C/C=C\CCCC(=O)OC(CO)COP(=O)(O)OCC(CO)OC(=O)CCCCCCCCCCC/C=C\CCCCCCCC. The van der Waals surface area contributed by atoms with Gasteiger partial charge in [0.25, 0.3) is 0 Å². The van der Waals surface area contributed by atoms with Crippen LogP contribution in [-0.2, 0) is 32.7 Å². The summed E-state index contributed by atoms with van der Waals surface area (Å²) in [6, 6.07) is 0. The molecule has 0 spiro atoms. The van der Waals surface area contributed by atoms with Crippen LogP contribution < -0.4 is 0 Å². The van der Waals surface area contributed by atoms with Crippen LogP contribution in [0.2, 0.25) is 0 Å². The van der Waals surface area contributed by atoms with Gasteiger partial charge >= 0.3 is 19.8 Å². The van der Waals surface area contributed by atoms with E-state index in [-0.39, 0.29) is 12.8 Å². The molecule has 0 radical (unpaired) electrons. The van der Waals surface area contributed by atoms with Crippen LogP contribution in [0.3, 0.4) is 0 Å². The highest BCUT2D eigenvalue weighted by Crippen LogP contribution is 2.43. The summed E-state index contributed by atoms with van der Waals surface area (Å²) >= 11 is 0. The quantitative estimate of drug-likeness (QED) is 0.0234. The van der Waals surface area contributed by atoms with E-state index >= 15 is 0 Å². The predicted molar refractivity (Wildman–Crippen MR) is 242 cm³/mol. The molecule has 3 atom stereocenters. The van der Waals surface area contributed by atoms with E-state index in [0.29, 0.717) is 19.3 Å². The average molecular weight is 851 g/mol. The molecule has 0 aromatic carbocycles. The lowest BCUT2D eigenvalue weighted by Crippen LogP contribution is -2.28. The van der Waals surface area contributed by atoms with E-state index in [1.165, 1.54) is 83.5 Å². The van der Waals surface area contributed by atoms with Gasteiger partial charge in [0.1, 0.15) is 12.2 Å². The molecule has 0 bridgehead atoms. The fourth-order valence-electron chi connectivity index (χ4n) is 5.91. The number of aliphatic hydroxyl groups excluding tert-OH is 2. The number of phosphoric ester groups is 1. The molecular weight excluding hydrogens is 767 g/mol. The second-order valence-corrected chi connectivity index (χ2v) is 16.5. The summed E-state index contributed by atoms with van der Waals surface area (Å²) in [5, 5.41) is 19.2. The van der Waals surface area contributed by atoms with Crippen molar-refractivity contribution in [3.63, 3.8) is 0 Å². The van der Waals surface area contributed by atoms with Crippen molar-refractivity contribution in [2.75, 3.05) is 26.4 Å². The number of hydrogen-bond donors (Lipinski definition) is 3. The lowest BCUT2D eigenvalue weighted by Gasteiger charge is -2.20. The van der Waals surface area contributed by atoms with Crippen molar-refractivity contribution >= 4 is 19.8 Å². The lowest BCUT2D eigenvalue weighted by atomic mass is 10.1. The summed E-state index contributed by atoms with van der Waals surface area (Å²) in [6.45, 7) is 2.02. The number of allylic oxidation sites excluding steroid dienone is 12. The normalized spacial score (nSPS) is 14.5. The first-order valence-corrected chi connectivity index (χ1v) is 24.4. The Hall–Kier alpha value is -2.59. The van der Waals surface area contributed by atoms with Gasteiger partial charge < -0.3 is 24.6 Å². The maximum Gasteiger partial charge on any atom is 0.472 e. The van der Waals surface area contributed by atoms with Crippen LogP contribution in [-0.4, -0.2) is 65.7 Å². The van der Waals surface area contributed by atoms with Crippen LogP contribution in [0.4, 0.5) is 0 Å². The van der Waals surface area contributed by atoms with Crippen molar-refractivity contribution in [2.24, 2.45) is 0 Å². The number of hydrogen-bond acceptors (Lipinski definition) is 9. The molecule has 0 aromatic heterocycles. The van der Waals surface area contributed by atoms with E-state index in [0.717, 1.165) is 51.4 Å². The van der Waals surface area contributed by atoms with Crippen molar-refractivity contribution in [3.05, 3.63) is 72.9 Å². The first-order valence-electron chi connectivity index (χ1n) is 22.9. The van der Waals surface area contributed by atoms with E-state index in [1.54, 1.807) is 0 Å². The molecule has 0 heterocycles. The Bertz CT molecular complexity index is 1210. The Morgan fingerprint density at radius 2 is 0.814 bits per heavy atom. The number of ether oxygens (including phenoxy) is 2. The second-order valence-electron chi connectivity index (χ2n) is 15.0. The van der Waals surface area contributed by atoms with Crippen LogP contribution >= 0.6 is 7.82 Å². The van der Waals surface area contributed by atoms with Crippen LogP contribution in [0, 0.1) is 0 Å². The molecule has 3 unspecified atom stereocenters. The number of unbranched alkanes of at least 4 members (excludes halogenated alkanes) is 16. The monoisotopic (exact) mass is 851 g/mol. The van der Waals surface area contributed by atoms with Crippen LogP contribution in [0.15, 0.2) is 72.9 Å². The summed E-state index contributed by atoms with van der Waals surface area (Å²) in [5.41, 5.74) is 0. The molecule has 0 aliphatic carbocycles. The van der Waals surface area contributed by atoms with Crippen molar-refractivity contribution < 1.29 is 47.8 Å². The maximum absolute atomic E-state index is 12.4. The molecule has 0 fully saturated rings. The van der Waals surface area contributed by atoms with Gasteiger partial charge in [-0.1, -0.05) is 164 Å². The molecule has 0 aliphatic rings. The number of esters is 2. The van der Waals surface area contributed by atoms with Crippen LogP contribution in [0.25, 0.3) is 0 Å². The first-order chi connectivity index (χ1) is 28.8. The van der Waals surface area contributed by atoms with Gasteiger partial charge in [-0.3, -0.25) is 18.6 Å². The number of aliphatic hydroxyl groups is 2. The third-order valence-electron chi connectivity index (χ3n) is 9.40. The first kappa shape index (κ1) is 56.4. The molecule has 0 aromatic rings. The van der Waals surface area contributed by atoms with Crippen molar-refractivity contribution in [3.8, 4) is 0 Å². The molecule has 59 heavy (non-hydrogen) atoms. The Morgan fingerprint density at radius 1 is 0.475 bits per heavy atom. The van der Waals surface area contributed by atoms with Gasteiger partial charge in [-0.2, -0.15) is 0 Å². The van der Waals surface area contributed by atoms with Gasteiger partial charge in [0.2, 0.25) is 0 Å². The highest BCUT2D eigenvalue weighted by atomic mass is 31.2. The largest absolute Gasteiger partial charge is 0.472 e. The zero-order chi connectivity index (χ0) is 43.3. The van der Waals surface area contributed by atoms with Crippen LogP contribution in [0.5, 0.6) is 0 Å². The topological polar surface area (TPSA) is 149 Å². The van der Waals surface area contributed by atoms with Crippen molar-refractivity contribution in [1.82, 2.24) is 0 Å². The Morgan fingerprint density at radius 3 is 1.24 bits per heavy atom. The molecule has 3 N–H and O–H groups in total. The second kappa shape index (κ2) is 43.5. The number of carbonyl (C=O) groups is 2. The van der Waals surface area contributed by atoms with Crippen molar-refractivity contribution in [1.29, 1.82) is 0 Å². The maximum atomic E-state index is 12.4. The van der Waals surface area contributed by atoms with Crippen LogP contribution in [0.1, 0.15) is 181 Å². The molecule has 0 rings (SSSR count). The minimum Gasteiger partial charge on any atom is -0.457 e. The van der Waals surface area contributed by atoms with Gasteiger partial charge in [-0.25, -0.2) is 4.57 Å². The van der Waals surface area contributed by atoms with Gasteiger partial charge in [-0.15, -0.1) is 0 Å². The standard InChI is InChI=1S/C48H83O10P/c1-3-5-7-9-11-13-15-17-19-21-22-24-26-28-30-32-34-36-38-40-48(52)58-46(42-50)44-56-59(53,54)55-43-45(41-49)57-47(51)39-37-35-33-31-29-27-25-23-20-18-16-14-12-10-8-6-4-2/h6,8,12,14,17-20,25,27,31,33,45-46,49-50H,3-5,7,9-11,13,15-16,21-24,26,28-30,32,34-44H2,1-2H3,(H,53,54)/b8-6-,14-12-,19-17-,20-18-,27-25-,33-31-. The Balaban J connectivity index is 3.97. The molecule has 0 aliphatic heterocycles. The molecule has 0 saturated heterocycles. The molecule has 340 valence electrons. The van der Waals surface area contributed by atoms with E-state index in [4.69, 9.17) is 18.5 Å². The van der Waals surface area contributed by atoms with E-state index < -0.39 is 58.4 Å². The third kappa shape index (κ3) is 41.9. The fourth-order valence-corrected chi connectivity index (χ4v) is 6.69. The Labute approximate surface area is 358 Å². The minimum atomic E-state index is -4.66. The zero-order valence-electron chi connectivity index (χ0n) is 36.9. The Kier molecular flexibility index (Phi) is 41.6. The molecule has 10 nitrogen and oxygen atoms in total. The summed E-state index contributed by atoms with van der Waals surface area (Å²) in [7, 11) is -4.66. The van der Waals surface area contributed by atoms with Crippen molar-refractivity contribution in [2.45, 2.75) is 193 Å².